The lowest BCUT2D eigenvalue weighted by molar-refractivity contribution is 0.113. The molecule has 2 fully saturated rings. The smallest absolute Gasteiger partial charge is 0.118 e. The van der Waals surface area contributed by atoms with Crippen LogP contribution in [0.15, 0.2) is 48.5 Å². The topological polar surface area (TPSA) is 9.23 Å². The standard InChI is InChI=1S/C27H36O/c1-3-4-5-20-6-7-26-19-25(13-12-24(26)18-20)23-10-8-21(9-11-23)22-14-16-27(28-2)17-15-22/h8-11,14-17,20,24-26H,3-7,12-13,18-19H2,1-2H3/t20?,24-,25-,26-/m1/s1. The molecule has 1 nitrogen and oxygen atoms in total. The number of ether oxygens (including phenoxy) is 1. The average Bonchev–Trinajstić information content (AvgIpc) is 2.77. The molecule has 4 atom stereocenters. The number of benzene rings is 2. The summed E-state index contributed by atoms with van der Waals surface area (Å²) in [5, 5.41) is 0. The van der Waals surface area contributed by atoms with Gasteiger partial charge in [0.1, 0.15) is 5.75 Å². The van der Waals surface area contributed by atoms with Crippen LogP contribution in [-0.4, -0.2) is 7.11 Å². The molecular weight excluding hydrogens is 340 g/mol. The van der Waals surface area contributed by atoms with E-state index in [4.69, 9.17) is 4.74 Å². The van der Waals surface area contributed by atoms with Crippen molar-refractivity contribution < 1.29 is 4.74 Å². The highest BCUT2D eigenvalue weighted by Gasteiger charge is 2.35. The monoisotopic (exact) mass is 376 g/mol. The highest BCUT2D eigenvalue weighted by atomic mass is 16.5. The zero-order chi connectivity index (χ0) is 19.3. The maximum absolute atomic E-state index is 5.27. The van der Waals surface area contributed by atoms with E-state index in [1.165, 1.54) is 68.9 Å². The first kappa shape index (κ1) is 19.6. The maximum atomic E-state index is 5.27. The Morgan fingerprint density at radius 3 is 2.11 bits per heavy atom. The van der Waals surface area contributed by atoms with Gasteiger partial charge >= 0.3 is 0 Å². The van der Waals surface area contributed by atoms with Crippen LogP contribution in [0.1, 0.15) is 76.2 Å². The summed E-state index contributed by atoms with van der Waals surface area (Å²) in [5.41, 5.74) is 4.13. The van der Waals surface area contributed by atoms with E-state index in [1.54, 1.807) is 12.7 Å². The summed E-state index contributed by atoms with van der Waals surface area (Å²) in [4.78, 5) is 0. The number of hydrogen-bond donors (Lipinski definition) is 0. The minimum absolute atomic E-state index is 0.776. The van der Waals surface area contributed by atoms with Crippen LogP contribution in [0, 0.1) is 17.8 Å². The van der Waals surface area contributed by atoms with Gasteiger partial charge in [-0.05, 0) is 84.6 Å². The fourth-order valence-corrected chi connectivity index (χ4v) is 5.78. The van der Waals surface area contributed by atoms with E-state index in [2.05, 4.69) is 43.3 Å². The molecule has 2 aromatic rings. The van der Waals surface area contributed by atoms with Crippen molar-refractivity contribution in [1.82, 2.24) is 0 Å². The molecule has 0 amide bonds. The van der Waals surface area contributed by atoms with Crippen LogP contribution in [0.4, 0.5) is 0 Å². The van der Waals surface area contributed by atoms with E-state index >= 15 is 0 Å². The zero-order valence-electron chi connectivity index (χ0n) is 17.7. The number of rotatable bonds is 6. The molecule has 1 unspecified atom stereocenters. The normalized spacial score (nSPS) is 27.2. The summed E-state index contributed by atoms with van der Waals surface area (Å²) in [6.45, 7) is 2.33. The summed E-state index contributed by atoms with van der Waals surface area (Å²) in [6, 6.07) is 17.8. The van der Waals surface area contributed by atoms with E-state index in [-0.39, 0.29) is 0 Å². The highest BCUT2D eigenvalue weighted by molar-refractivity contribution is 5.64. The van der Waals surface area contributed by atoms with Gasteiger partial charge < -0.3 is 4.74 Å². The third kappa shape index (κ3) is 4.45. The van der Waals surface area contributed by atoms with Crippen molar-refractivity contribution in [2.75, 3.05) is 7.11 Å². The van der Waals surface area contributed by atoms with Crippen LogP contribution in [0.3, 0.4) is 0 Å². The molecule has 0 spiro atoms. The lowest BCUT2D eigenvalue weighted by Gasteiger charge is -2.42. The van der Waals surface area contributed by atoms with E-state index in [0.29, 0.717) is 0 Å². The Morgan fingerprint density at radius 2 is 1.43 bits per heavy atom. The van der Waals surface area contributed by atoms with Gasteiger partial charge in [-0.25, -0.2) is 0 Å². The predicted molar refractivity (Wildman–Crippen MR) is 119 cm³/mol. The van der Waals surface area contributed by atoms with Crippen LogP contribution in [0.5, 0.6) is 5.75 Å². The van der Waals surface area contributed by atoms with Crippen molar-refractivity contribution in [3.63, 3.8) is 0 Å². The highest BCUT2D eigenvalue weighted by Crippen LogP contribution is 2.48. The molecular formula is C27H36O. The Kier molecular flexibility index (Phi) is 6.40. The minimum Gasteiger partial charge on any atom is -0.497 e. The Morgan fingerprint density at radius 1 is 0.786 bits per heavy atom. The first-order valence-corrected chi connectivity index (χ1v) is 11.5. The molecule has 4 rings (SSSR count). The van der Waals surface area contributed by atoms with E-state index in [0.717, 1.165) is 29.4 Å². The largest absolute Gasteiger partial charge is 0.497 e. The minimum atomic E-state index is 0.776. The van der Waals surface area contributed by atoms with Crippen molar-refractivity contribution in [2.24, 2.45) is 17.8 Å². The van der Waals surface area contributed by atoms with Gasteiger partial charge in [0.05, 0.1) is 7.11 Å². The molecule has 28 heavy (non-hydrogen) atoms. The molecule has 1 heteroatoms. The molecule has 0 radical (unpaired) electrons. The van der Waals surface area contributed by atoms with Crippen molar-refractivity contribution in [3.8, 4) is 16.9 Å². The fraction of sp³-hybridized carbons (Fsp3) is 0.556. The molecule has 0 N–H and O–H groups in total. The molecule has 0 aromatic heterocycles. The van der Waals surface area contributed by atoms with Crippen molar-refractivity contribution in [3.05, 3.63) is 54.1 Å². The summed E-state index contributed by atoms with van der Waals surface area (Å²) >= 11 is 0. The number of fused-ring (bicyclic) bond motifs is 1. The summed E-state index contributed by atoms with van der Waals surface area (Å²) < 4.78 is 5.27. The lowest BCUT2D eigenvalue weighted by Crippen LogP contribution is -2.30. The third-order valence-corrected chi connectivity index (χ3v) is 7.49. The quantitative estimate of drug-likeness (QED) is 0.498. The van der Waals surface area contributed by atoms with Crippen molar-refractivity contribution in [1.29, 1.82) is 0 Å². The van der Waals surface area contributed by atoms with E-state index < -0.39 is 0 Å². The van der Waals surface area contributed by atoms with Crippen LogP contribution >= 0.6 is 0 Å². The molecule has 0 saturated heterocycles. The Hall–Kier alpha value is -1.76. The van der Waals surface area contributed by atoms with Gasteiger partial charge in [0.2, 0.25) is 0 Å². The average molecular weight is 377 g/mol. The van der Waals surface area contributed by atoms with Gasteiger partial charge in [0, 0.05) is 0 Å². The van der Waals surface area contributed by atoms with Gasteiger partial charge in [-0.3, -0.25) is 0 Å². The summed E-state index contributed by atoms with van der Waals surface area (Å²) in [7, 11) is 1.72. The SMILES string of the molecule is CCCCC1CC[C@@H]2C[C@H](c3ccc(-c4ccc(OC)cc4)cc3)CC[C@@H]2C1. The molecule has 150 valence electrons. The van der Waals surface area contributed by atoms with Gasteiger partial charge in [-0.15, -0.1) is 0 Å². The predicted octanol–water partition coefficient (Wildman–Crippen LogP) is 7.85. The molecule has 2 aliphatic carbocycles. The lowest BCUT2D eigenvalue weighted by atomic mass is 9.63. The first-order valence-electron chi connectivity index (χ1n) is 11.5. The zero-order valence-corrected chi connectivity index (χ0v) is 17.7. The fourth-order valence-electron chi connectivity index (χ4n) is 5.78. The number of unbranched alkanes of at least 4 members (excludes halogenated alkanes) is 1. The van der Waals surface area contributed by atoms with Crippen LogP contribution in [0.25, 0.3) is 11.1 Å². The Balaban J connectivity index is 1.36. The molecule has 2 aliphatic rings. The molecule has 2 saturated carbocycles. The second kappa shape index (κ2) is 9.16. The Labute approximate surface area is 171 Å². The third-order valence-electron chi connectivity index (χ3n) is 7.49. The number of hydrogen-bond acceptors (Lipinski definition) is 1. The van der Waals surface area contributed by atoms with Gasteiger partial charge in [0.15, 0.2) is 0 Å². The molecule has 0 bridgehead atoms. The first-order chi connectivity index (χ1) is 13.8. The summed E-state index contributed by atoms with van der Waals surface area (Å²) in [6.07, 6.45) is 13.0. The van der Waals surface area contributed by atoms with E-state index in [1.807, 2.05) is 12.1 Å². The molecule has 2 aromatic carbocycles. The second-order valence-corrected chi connectivity index (χ2v) is 9.20. The maximum Gasteiger partial charge on any atom is 0.118 e. The van der Waals surface area contributed by atoms with Crippen molar-refractivity contribution in [2.45, 2.75) is 70.6 Å². The van der Waals surface area contributed by atoms with E-state index in [9.17, 15) is 0 Å². The second-order valence-electron chi connectivity index (χ2n) is 9.20. The van der Waals surface area contributed by atoms with Crippen LogP contribution in [0.2, 0.25) is 0 Å². The van der Waals surface area contributed by atoms with Gasteiger partial charge in [-0.1, -0.05) is 69.0 Å². The van der Waals surface area contributed by atoms with Crippen molar-refractivity contribution >= 4 is 0 Å². The summed E-state index contributed by atoms with van der Waals surface area (Å²) in [5.74, 6) is 4.73. The van der Waals surface area contributed by atoms with Gasteiger partial charge in [0.25, 0.3) is 0 Å². The van der Waals surface area contributed by atoms with Crippen LogP contribution < -0.4 is 4.74 Å². The van der Waals surface area contributed by atoms with Gasteiger partial charge in [-0.2, -0.15) is 0 Å². The molecule has 0 heterocycles. The number of methoxy groups -OCH3 is 1. The molecule has 0 aliphatic heterocycles. The Bertz CT molecular complexity index is 730. The van der Waals surface area contributed by atoms with Crippen LogP contribution in [-0.2, 0) is 0 Å².